The smallest absolute Gasteiger partial charge is 0.250 e. The molecule has 2 aliphatic rings. The summed E-state index contributed by atoms with van der Waals surface area (Å²) in [5, 5.41) is 18.4. The molecule has 1 aromatic heterocycles. The number of H-pyrrole nitrogens is 1. The van der Waals surface area contributed by atoms with Gasteiger partial charge in [-0.15, -0.1) is 0 Å². The molecule has 0 bridgehead atoms. The van der Waals surface area contributed by atoms with Crippen molar-refractivity contribution in [3.05, 3.63) is 76.9 Å². The Bertz CT molecular complexity index is 1390. The molecular formula is C27H28FN7O4. The minimum Gasteiger partial charge on any atom is -0.348 e. The van der Waals surface area contributed by atoms with Gasteiger partial charge in [-0.1, -0.05) is 30.3 Å². The van der Waals surface area contributed by atoms with E-state index in [1.165, 1.54) is 30.2 Å². The van der Waals surface area contributed by atoms with Crippen LogP contribution >= 0.6 is 0 Å². The quantitative estimate of drug-likeness (QED) is 0.335. The van der Waals surface area contributed by atoms with Crippen LogP contribution in [0.3, 0.4) is 0 Å². The summed E-state index contributed by atoms with van der Waals surface area (Å²) in [5.41, 5.74) is 3.73. The summed E-state index contributed by atoms with van der Waals surface area (Å²) in [4.78, 5) is 53.8. The van der Waals surface area contributed by atoms with E-state index >= 15 is 0 Å². The van der Waals surface area contributed by atoms with Crippen molar-refractivity contribution in [3.8, 4) is 0 Å². The Hall–Kier alpha value is -4.61. The number of halogens is 1. The number of benzene rings is 2. The summed E-state index contributed by atoms with van der Waals surface area (Å²) in [6, 6.07) is 8.70. The Morgan fingerprint density at radius 2 is 1.92 bits per heavy atom. The zero-order valence-electron chi connectivity index (χ0n) is 21.2. The zero-order valence-corrected chi connectivity index (χ0v) is 21.2. The van der Waals surface area contributed by atoms with E-state index in [-0.39, 0.29) is 18.9 Å². The van der Waals surface area contributed by atoms with Crippen LogP contribution in [0.2, 0.25) is 0 Å². The molecule has 5 rings (SSSR count). The van der Waals surface area contributed by atoms with Crippen molar-refractivity contribution >= 4 is 29.3 Å². The van der Waals surface area contributed by atoms with Gasteiger partial charge in [0.05, 0.1) is 18.4 Å². The normalized spacial score (nSPS) is 18.6. The van der Waals surface area contributed by atoms with Gasteiger partial charge in [-0.05, 0) is 41.7 Å². The van der Waals surface area contributed by atoms with Crippen LogP contribution in [0, 0.1) is 5.82 Å². The van der Waals surface area contributed by atoms with E-state index < -0.39 is 41.7 Å². The van der Waals surface area contributed by atoms with E-state index in [9.17, 15) is 23.6 Å². The van der Waals surface area contributed by atoms with Crippen LogP contribution in [0.1, 0.15) is 35.7 Å². The van der Waals surface area contributed by atoms with E-state index in [0.29, 0.717) is 36.2 Å². The van der Waals surface area contributed by atoms with E-state index in [0.717, 1.165) is 11.1 Å². The van der Waals surface area contributed by atoms with Crippen LogP contribution in [0.15, 0.2) is 48.7 Å². The minimum atomic E-state index is -0.970. The van der Waals surface area contributed by atoms with Crippen molar-refractivity contribution < 1.29 is 23.6 Å². The maximum atomic E-state index is 13.9. The molecule has 11 nitrogen and oxygen atoms in total. The van der Waals surface area contributed by atoms with Crippen LogP contribution in [-0.4, -0.2) is 57.2 Å². The van der Waals surface area contributed by atoms with Gasteiger partial charge in [0.2, 0.25) is 23.6 Å². The number of carbonyl (C=O) groups is 4. The summed E-state index contributed by atoms with van der Waals surface area (Å²) in [7, 11) is 0. The van der Waals surface area contributed by atoms with Gasteiger partial charge in [-0.2, -0.15) is 15.4 Å². The number of aryl methyl sites for hydroxylation is 1. The molecule has 2 aliphatic heterocycles. The van der Waals surface area contributed by atoms with Crippen LogP contribution in [0.25, 0.3) is 0 Å². The average molecular weight is 534 g/mol. The number of nitrogens with one attached hydrogen (secondary N) is 4. The fourth-order valence-electron chi connectivity index (χ4n) is 5.16. The van der Waals surface area contributed by atoms with Crippen molar-refractivity contribution in [3.63, 3.8) is 0 Å². The lowest BCUT2D eigenvalue weighted by atomic mass is 10.0. The van der Waals surface area contributed by atoms with Gasteiger partial charge in [0.25, 0.3) is 0 Å². The Labute approximate surface area is 223 Å². The minimum absolute atomic E-state index is 0.119. The number of anilines is 1. The molecule has 202 valence electrons. The van der Waals surface area contributed by atoms with Crippen LogP contribution in [0.5, 0.6) is 0 Å². The molecule has 0 unspecified atom stereocenters. The first-order valence-corrected chi connectivity index (χ1v) is 12.7. The van der Waals surface area contributed by atoms with Crippen LogP contribution in [-0.2, 0) is 45.0 Å². The summed E-state index contributed by atoms with van der Waals surface area (Å²) < 4.78 is 13.4. The zero-order chi connectivity index (χ0) is 27.5. The Balaban J connectivity index is 1.35. The van der Waals surface area contributed by atoms with E-state index in [1.54, 1.807) is 12.1 Å². The average Bonchev–Trinajstić information content (AvgIpc) is 3.55. The summed E-state index contributed by atoms with van der Waals surface area (Å²) in [6.07, 6.45) is 2.81. The molecule has 2 aromatic carbocycles. The second-order valence-corrected chi connectivity index (χ2v) is 9.72. The lowest BCUT2D eigenvalue weighted by Gasteiger charge is -2.28. The maximum Gasteiger partial charge on any atom is 0.250 e. The van der Waals surface area contributed by atoms with Gasteiger partial charge < -0.3 is 16.0 Å². The largest absolute Gasteiger partial charge is 0.348 e. The summed E-state index contributed by atoms with van der Waals surface area (Å²) in [5.74, 6) is -2.09. The van der Waals surface area contributed by atoms with Gasteiger partial charge in [-0.25, -0.2) is 4.39 Å². The van der Waals surface area contributed by atoms with Crippen LogP contribution < -0.4 is 20.9 Å². The second-order valence-electron chi connectivity index (χ2n) is 9.72. The van der Waals surface area contributed by atoms with E-state index in [4.69, 9.17) is 0 Å². The van der Waals surface area contributed by atoms with Crippen molar-refractivity contribution in [2.24, 2.45) is 0 Å². The number of hydrogen-bond acceptors (Lipinski definition) is 6. The van der Waals surface area contributed by atoms with Gasteiger partial charge in [-0.3, -0.25) is 24.1 Å². The third kappa shape index (κ3) is 5.64. The monoisotopic (exact) mass is 533 g/mol. The molecule has 3 aromatic rings. The molecular weight excluding hydrogens is 505 g/mol. The molecule has 0 spiro atoms. The molecule has 4 amide bonds. The number of carbonyl (C=O) groups excluding carboxylic acids is 4. The van der Waals surface area contributed by atoms with Crippen molar-refractivity contribution in [1.82, 2.24) is 31.4 Å². The van der Waals surface area contributed by atoms with Crippen molar-refractivity contribution in [2.75, 3.05) is 4.90 Å². The topological polar surface area (TPSA) is 149 Å². The Kier molecular flexibility index (Phi) is 7.35. The highest BCUT2D eigenvalue weighted by atomic mass is 19.1. The highest BCUT2D eigenvalue weighted by Crippen LogP contribution is 2.39. The molecule has 0 saturated carbocycles. The standard InChI is InChI=1S/C27H28FN7O4/c1-15(36)31-22(11-16-5-8-19(28)9-6-16)25(37)32-21-10-7-17-3-2-4-18-12-23(35(24(17)18)27(21)39)26(38)29-13-20-14-30-34-33-20/h2-6,8-9,14,21-23H,7,10-13H2,1H3,(H,29,38)(H,31,36)(H,32,37)(H,30,33,34)/t21-,22-,23-/m0/s1. The number of rotatable bonds is 8. The first kappa shape index (κ1) is 26.0. The lowest BCUT2D eigenvalue weighted by molar-refractivity contribution is -0.131. The van der Waals surface area contributed by atoms with Gasteiger partial charge in [0.15, 0.2) is 0 Å². The summed E-state index contributed by atoms with van der Waals surface area (Å²) >= 11 is 0. The van der Waals surface area contributed by atoms with Gasteiger partial charge >= 0.3 is 0 Å². The van der Waals surface area contributed by atoms with Crippen molar-refractivity contribution in [1.29, 1.82) is 0 Å². The first-order valence-electron chi connectivity index (χ1n) is 12.7. The SMILES string of the molecule is CC(=O)N[C@@H](Cc1ccc(F)cc1)C(=O)N[C@H]1CCc2cccc3c2N(C1=O)[C@H](C(=O)NCc1cn[nH]n1)C3. The van der Waals surface area contributed by atoms with E-state index in [1.807, 2.05) is 18.2 Å². The van der Waals surface area contributed by atoms with Gasteiger partial charge in [0.1, 0.15) is 29.6 Å². The number of aromatic nitrogens is 3. The third-order valence-corrected chi connectivity index (χ3v) is 6.98. The molecule has 0 fully saturated rings. The highest BCUT2D eigenvalue weighted by molar-refractivity contribution is 6.08. The molecule has 39 heavy (non-hydrogen) atoms. The second kappa shape index (κ2) is 11.0. The molecule has 12 heteroatoms. The Morgan fingerprint density at radius 3 is 2.64 bits per heavy atom. The number of para-hydroxylation sites is 1. The number of aromatic amines is 1. The lowest BCUT2D eigenvalue weighted by Crippen LogP contribution is -2.57. The predicted octanol–water partition coefficient (Wildman–Crippen LogP) is 0.696. The first-order chi connectivity index (χ1) is 18.8. The van der Waals surface area contributed by atoms with E-state index in [2.05, 4.69) is 31.4 Å². The molecule has 4 N–H and O–H groups in total. The Morgan fingerprint density at radius 1 is 1.15 bits per heavy atom. The molecule has 0 radical (unpaired) electrons. The molecule has 0 saturated heterocycles. The highest BCUT2D eigenvalue weighted by Gasteiger charge is 2.44. The van der Waals surface area contributed by atoms with Crippen molar-refractivity contribution in [2.45, 2.75) is 57.3 Å². The maximum absolute atomic E-state index is 13.9. The third-order valence-electron chi connectivity index (χ3n) is 6.98. The van der Waals surface area contributed by atoms with Crippen LogP contribution in [0.4, 0.5) is 10.1 Å². The number of amides is 4. The number of nitrogens with zero attached hydrogens (tertiary/aromatic N) is 3. The van der Waals surface area contributed by atoms with Gasteiger partial charge in [0, 0.05) is 19.8 Å². The number of hydrogen-bond donors (Lipinski definition) is 4. The fraction of sp³-hybridized carbons (Fsp3) is 0.333. The predicted molar refractivity (Wildman–Crippen MR) is 138 cm³/mol. The summed E-state index contributed by atoms with van der Waals surface area (Å²) in [6.45, 7) is 1.45. The molecule has 3 heterocycles. The molecule has 3 atom stereocenters. The fourth-order valence-corrected chi connectivity index (χ4v) is 5.16. The molecule has 0 aliphatic carbocycles.